The molecule has 2 rings (SSSR count). The van der Waals surface area contributed by atoms with E-state index in [0.717, 1.165) is 0 Å². The lowest BCUT2D eigenvalue weighted by atomic mass is 10.2. The number of amides is 1. The number of aryl methyl sites for hydroxylation is 1. The van der Waals surface area contributed by atoms with Crippen LogP contribution in [0.15, 0.2) is 28.8 Å². The highest BCUT2D eigenvalue weighted by atomic mass is 35.5. The Kier molecular flexibility index (Phi) is 3.48. The Morgan fingerprint density at radius 3 is 2.84 bits per heavy atom. The van der Waals surface area contributed by atoms with Crippen LogP contribution in [0, 0.1) is 17.0 Å². The van der Waals surface area contributed by atoms with Gasteiger partial charge in [0.05, 0.1) is 16.2 Å². The van der Waals surface area contributed by atoms with E-state index in [0.29, 0.717) is 5.69 Å². The molecule has 98 valence electrons. The van der Waals surface area contributed by atoms with Crippen LogP contribution in [-0.4, -0.2) is 16.0 Å². The number of benzene rings is 1. The van der Waals surface area contributed by atoms with Crippen LogP contribution in [0.2, 0.25) is 5.02 Å². The first kappa shape index (κ1) is 13.0. The number of nitrogens with zero attached hydrogens (tertiary/aromatic N) is 2. The van der Waals surface area contributed by atoms with Crippen molar-refractivity contribution in [3.63, 3.8) is 0 Å². The number of carbonyl (C=O) groups is 1. The lowest BCUT2D eigenvalue weighted by Crippen LogP contribution is -2.12. The van der Waals surface area contributed by atoms with Crippen molar-refractivity contribution in [2.24, 2.45) is 0 Å². The maximum atomic E-state index is 11.9. The highest BCUT2D eigenvalue weighted by Gasteiger charge is 2.20. The first-order valence-electron chi connectivity index (χ1n) is 5.16. The Labute approximate surface area is 112 Å². The Morgan fingerprint density at radius 1 is 1.53 bits per heavy atom. The molecule has 0 aliphatic rings. The molecular weight excluding hydrogens is 274 g/mol. The normalized spacial score (nSPS) is 10.2. The third-order valence-corrected chi connectivity index (χ3v) is 2.68. The fourth-order valence-electron chi connectivity index (χ4n) is 1.44. The van der Waals surface area contributed by atoms with Crippen LogP contribution >= 0.6 is 11.6 Å². The minimum atomic E-state index is -0.655. The SMILES string of the molecule is Cc1cc(NC(=O)c2cccc([N+](=O)[O-])c2Cl)on1. The number of hydrogen-bond donors (Lipinski definition) is 1. The summed E-state index contributed by atoms with van der Waals surface area (Å²) in [6.45, 7) is 1.69. The first-order valence-corrected chi connectivity index (χ1v) is 5.54. The van der Waals surface area contributed by atoms with E-state index in [4.69, 9.17) is 16.1 Å². The summed E-state index contributed by atoms with van der Waals surface area (Å²) in [5.41, 5.74) is 0.258. The maximum absolute atomic E-state index is 11.9. The minimum Gasteiger partial charge on any atom is -0.338 e. The van der Waals surface area contributed by atoms with E-state index in [2.05, 4.69) is 10.5 Å². The lowest BCUT2D eigenvalue weighted by molar-refractivity contribution is -0.384. The van der Waals surface area contributed by atoms with Crippen LogP contribution in [0.3, 0.4) is 0 Å². The molecule has 2 aromatic rings. The topological polar surface area (TPSA) is 98.3 Å². The quantitative estimate of drug-likeness (QED) is 0.689. The Bertz CT molecular complexity index is 653. The highest BCUT2D eigenvalue weighted by Crippen LogP contribution is 2.28. The van der Waals surface area contributed by atoms with Crippen molar-refractivity contribution in [3.8, 4) is 0 Å². The standard InChI is InChI=1S/C11H8ClN3O4/c1-6-5-9(19-14-6)13-11(16)7-3-2-4-8(10(7)12)15(17)18/h2-5H,1H3,(H,13,16). The number of rotatable bonds is 3. The van der Waals surface area contributed by atoms with Crippen LogP contribution in [0.5, 0.6) is 0 Å². The summed E-state index contributed by atoms with van der Waals surface area (Å²) >= 11 is 5.82. The summed E-state index contributed by atoms with van der Waals surface area (Å²) in [7, 11) is 0. The molecule has 0 spiro atoms. The molecule has 1 heterocycles. The second-order valence-electron chi connectivity index (χ2n) is 3.68. The summed E-state index contributed by atoms with van der Waals surface area (Å²) in [4.78, 5) is 22.0. The van der Waals surface area contributed by atoms with Gasteiger partial charge in [-0.3, -0.25) is 20.2 Å². The van der Waals surface area contributed by atoms with E-state index in [9.17, 15) is 14.9 Å². The van der Waals surface area contributed by atoms with E-state index in [-0.39, 0.29) is 22.2 Å². The van der Waals surface area contributed by atoms with Gasteiger partial charge in [0.25, 0.3) is 11.6 Å². The largest absolute Gasteiger partial charge is 0.338 e. The summed E-state index contributed by atoms with van der Waals surface area (Å²) in [5, 5.41) is 16.5. The number of aromatic nitrogens is 1. The van der Waals surface area contributed by atoms with Gasteiger partial charge < -0.3 is 4.52 Å². The van der Waals surface area contributed by atoms with Crippen molar-refractivity contribution in [2.75, 3.05) is 5.32 Å². The average Bonchev–Trinajstić information content (AvgIpc) is 2.74. The molecule has 0 atom stereocenters. The van der Waals surface area contributed by atoms with Gasteiger partial charge in [0, 0.05) is 12.1 Å². The number of hydrogen-bond acceptors (Lipinski definition) is 5. The fraction of sp³-hybridized carbons (Fsp3) is 0.0909. The molecule has 0 saturated heterocycles. The molecule has 0 fully saturated rings. The molecule has 1 N–H and O–H groups in total. The molecule has 8 heteroatoms. The molecule has 19 heavy (non-hydrogen) atoms. The number of nitrogens with one attached hydrogen (secondary N) is 1. The molecular formula is C11H8ClN3O4. The van der Waals surface area contributed by atoms with Crippen molar-refractivity contribution in [3.05, 3.63) is 50.7 Å². The van der Waals surface area contributed by atoms with Gasteiger partial charge in [0.1, 0.15) is 5.02 Å². The monoisotopic (exact) mass is 281 g/mol. The number of nitro benzene ring substituents is 1. The molecule has 0 unspecified atom stereocenters. The van der Waals surface area contributed by atoms with Gasteiger partial charge >= 0.3 is 0 Å². The van der Waals surface area contributed by atoms with Crippen molar-refractivity contribution in [2.45, 2.75) is 6.92 Å². The van der Waals surface area contributed by atoms with Gasteiger partial charge in [0.2, 0.25) is 5.88 Å². The Hall–Kier alpha value is -2.41. The smallest absolute Gasteiger partial charge is 0.288 e. The zero-order valence-electron chi connectivity index (χ0n) is 9.71. The van der Waals surface area contributed by atoms with Crippen molar-refractivity contribution < 1.29 is 14.2 Å². The molecule has 0 aliphatic carbocycles. The summed E-state index contributed by atoms with van der Waals surface area (Å²) in [6.07, 6.45) is 0. The third kappa shape index (κ3) is 2.71. The molecule has 7 nitrogen and oxygen atoms in total. The number of anilines is 1. The van der Waals surface area contributed by atoms with Crippen molar-refractivity contribution >= 4 is 29.1 Å². The number of halogens is 1. The van der Waals surface area contributed by atoms with Crippen molar-refractivity contribution in [1.82, 2.24) is 5.16 Å². The van der Waals surface area contributed by atoms with Crippen LogP contribution in [0.1, 0.15) is 16.1 Å². The zero-order valence-corrected chi connectivity index (χ0v) is 10.5. The third-order valence-electron chi connectivity index (χ3n) is 2.28. The molecule has 0 radical (unpaired) electrons. The lowest BCUT2D eigenvalue weighted by Gasteiger charge is -2.03. The molecule has 1 amide bonds. The summed E-state index contributed by atoms with van der Waals surface area (Å²) < 4.78 is 4.82. The van der Waals surface area contributed by atoms with E-state index < -0.39 is 10.8 Å². The van der Waals surface area contributed by atoms with E-state index in [1.807, 2.05) is 0 Å². The molecule has 0 bridgehead atoms. The average molecular weight is 282 g/mol. The molecule has 1 aromatic heterocycles. The number of carbonyl (C=O) groups excluding carboxylic acids is 1. The molecule has 0 aliphatic heterocycles. The van der Waals surface area contributed by atoms with Gasteiger partial charge in [0.15, 0.2) is 0 Å². The fourth-order valence-corrected chi connectivity index (χ4v) is 1.72. The predicted octanol–water partition coefficient (Wildman–Crippen LogP) is 2.80. The van der Waals surface area contributed by atoms with Gasteiger partial charge in [-0.25, -0.2) is 0 Å². The Balaban J connectivity index is 2.29. The van der Waals surface area contributed by atoms with Crippen molar-refractivity contribution in [1.29, 1.82) is 0 Å². The van der Waals surface area contributed by atoms with E-state index in [1.54, 1.807) is 6.92 Å². The van der Waals surface area contributed by atoms with Gasteiger partial charge in [-0.15, -0.1) is 0 Å². The zero-order chi connectivity index (χ0) is 14.0. The molecule has 0 saturated carbocycles. The van der Waals surface area contributed by atoms with Crippen LogP contribution in [-0.2, 0) is 0 Å². The minimum absolute atomic E-state index is 0.00933. The van der Waals surface area contributed by atoms with Crippen LogP contribution in [0.25, 0.3) is 0 Å². The second-order valence-corrected chi connectivity index (χ2v) is 4.06. The Morgan fingerprint density at radius 2 is 2.26 bits per heavy atom. The number of nitro groups is 1. The first-order chi connectivity index (χ1) is 8.99. The second kappa shape index (κ2) is 5.07. The van der Waals surface area contributed by atoms with Crippen LogP contribution in [0.4, 0.5) is 11.6 Å². The van der Waals surface area contributed by atoms with Gasteiger partial charge in [-0.05, 0) is 13.0 Å². The predicted molar refractivity (Wildman–Crippen MR) is 67.3 cm³/mol. The summed E-state index contributed by atoms with van der Waals surface area (Å²) in [6, 6.07) is 5.50. The summed E-state index contributed by atoms with van der Waals surface area (Å²) in [5.74, 6) is -0.463. The van der Waals surface area contributed by atoms with E-state index in [1.165, 1.54) is 24.3 Å². The van der Waals surface area contributed by atoms with Gasteiger partial charge in [-0.1, -0.05) is 22.8 Å². The molecule has 1 aromatic carbocycles. The van der Waals surface area contributed by atoms with Crippen LogP contribution < -0.4 is 5.32 Å². The van der Waals surface area contributed by atoms with Gasteiger partial charge in [-0.2, -0.15) is 0 Å². The highest BCUT2D eigenvalue weighted by molar-refractivity contribution is 6.36. The maximum Gasteiger partial charge on any atom is 0.288 e. The van der Waals surface area contributed by atoms with E-state index >= 15 is 0 Å².